The lowest BCUT2D eigenvalue weighted by atomic mass is 10.2. The van der Waals surface area contributed by atoms with Gasteiger partial charge in [-0.25, -0.2) is 4.98 Å². The average Bonchev–Trinajstić information content (AvgIpc) is 2.64. The fraction of sp³-hybridized carbons (Fsp3) is 0.368. The summed E-state index contributed by atoms with van der Waals surface area (Å²) in [4.78, 5) is 21.4. The van der Waals surface area contributed by atoms with Crippen LogP contribution < -0.4 is 4.90 Å². The third-order valence-electron chi connectivity index (χ3n) is 4.24. The maximum Gasteiger partial charge on any atom is 0.235 e. The van der Waals surface area contributed by atoms with Crippen LogP contribution in [0, 0.1) is 6.92 Å². The zero-order valence-electron chi connectivity index (χ0n) is 14.2. The number of carbonyl (C=O) groups is 1. The monoisotopic (exact) mass is 341 g/mol. The van der Waals surface area contributed by atoms with Gasteiger partial charge in [-0.2, -0.15) is 0 Å². The zero-order valence-corrected chi connectivity index (χ0v) is 15.0. The highest BCUT2D eigenvalue weighted by Crippen LogP contribution is 2.23. The van der Waals surface area contributed by atoms with E-state index >= 15 is 0 Å². The van der Waals surface area contributed by atoms with E-state index in [-0.39, 0.29) is 11.2 Å². The van der Waals surface area contributed by atoms with Gasteiger partial charge in [0.15, 0.2) is 0 Å². The van der Waals surface area contributed by atoms with Crippen LogP contribution in [0.5, 0.6) is 0 Å². The second-order valence-electron chi connectivity index (χ2n) is 6.08. The van der Waals surface area contributed by atoms with E-state index in [2.05, 4.69) is 34.1 Å². The minimum absolute atomic E-state index is 0.108. The summed E-state index contributed by atoms with van der Waals surface area (Å²) in [5.41, 5.74) is 2.37. The molecule has 1 saturated heterocycles. The molecule has 2 heterocycles. The Morgan fingerprint density at radius 2 is 1.79 bits per heavy atom. The van der Waals surface area contributed by atoms with Crippen molar-refractivity contribution in [1.82, 2.24) is 9.88 Å². The molecular weight excluding hydrogens is 318 g/mol. The molecule has 0 bridgehead atoms. The van der Waals surface area contributed by atoms with Gasteiger partial charge in [0.05, 0.1) is 10.3 Å². The third kappa shape index (κ3) is 4.09. The summed E-state index contributed by atoms with van der Waals surface area (Å²) >= 11 is 1.54. The molecule has 1 aromatic carbocycles. The summed E-state index contributed by atoms with van der Waals surface area (Å²) in [5.74, 6) is 0.204. The smallest absolute Gasteiger partial charge is 0.235 e. The zero-order chi connectivity index (χ0) is 16.9. The van der Waals surface area contributed by atoms with Gasteiger partial charge in [0.25, 0.3) is 0 Å². The first-order valence-corrected chi connectivity index (χ1v) is 9.19. The molecule has 0 spiro atoms. The Kier molecular flexibility index (Phi) is 5.41. The fourth-order valence-electron chi connectivity index (χ4n) is 2.84. The van der Waals surface area contributed by atoms with Gasteiger partial charge in [-0.1, -0.05) is 36.0 Å². The molecule has 2 aromatic rings. The SMILES string of the molecule is Cc1ccc(SC(C)C(=O)N2CCN(c3ccccc3)CC2)nc1. The standard InChI is InChI=1S/C19H23N3OS/c1-15-8-9-18(20-14-15)24-16(2)19(23)22-12-10-21(11-13-22)17-6-4-3-5-7-17/h3-9,14,16H,10-13H2,1-2H3. The number of hydrogen-bond donors (Lipinski definition) is 0. The number of aryl methyl sites for hydroxylation is 1. The number of thioether (sulfide) groups is 1. The Hall–Kier alpha value is -2.01. The lowest BCUT2D eigenvalue weighted by Crippen LogP contribution is -2.50. The molecule has 0 radical (unpaired) electrons. The summed E-state index contributed by atoms with van der Waals surface area (Å²) in [6.45, 7) is 7.31. The van der Waals surface area contributed by atoms with Crippen molar-refractivity contribution >= 4 is 23.4 Å². The van der Waals surface area contributed by atoms with E-state index < -0.39 is 0 Å². The van der Waals surface area contributed by atoms with Crippen molar-refractivity contribution in [3.63, 3.8) is 0 Å². The maximum absolute atomic E-state index is 12.7. The lowest BCUT2D eigenvalue weighted by molar-refractivity contribution is -0.130. The number of anilines is 1. The van der Waals surface area contributed by atoms with Gasteiger partial charge in [0, 0.05) is 38.1 Å². The summed E-state index contributed by atoms with van der Waals surface area (Å²) in [7, 11) is 0. The van der Waals surface area contributed by atoms with E-state index in [4.69, 9.17) is 0 Å². The Morgan fingerprint density at radius 3 is 2.42 bits per heavy atom. The Morgan fingerprint density at radius 1 is 1.08 bits per heavy atom. The van der Waals surface area contributed by atoms with Gasteiger partial charge in [-0.05, 0) is 37.6 Å². The molecule has 3 rings (SSSR count). The van der Waals surface area contributed by atoms with Gasteiger partial charge in [-0.3, -0.25) is 4.79 Å². The number of para-hydroxylation sites is 1. The van der Waals surface area contributed by atoms with Crippen LogP contribution in [-0.2, 0) is 4.79 Å². The maximum atomic E-state index is 12.7. The van der Waals surface area contributed by atoms with Gasteiger partial charge < -0.3 is 9.80 Å². The van der Waals surface area contributed by atoms with Crippen molar-refractivity contribution in [2.75, 3.05) is 31.1 Å². The van der Waals surface area contributed by atoms with Crippen LogP contribution in [0.15, 0.2) is 53.7 Å². The van der Waals surface area contributed by atoms with Gasteiger partial charge in [-0.15, -0.1) is 0 Å². The van der Waals surface area contributed by atoms with Crippen molar-refractivity contribution in [1.29, 1.82) is 0 Å². The number of nitrogens with zero attached hydrogens (tertiary/aromatic N) is 3. The number of rotatable bonds is 4. The van der Waals surface area contributed by atoms with Crippen LogP contribution in [0.25, 0.3) is 0 Å². The molecular formula is C19H23N3OS. The highest BCUT2D eigenvalue weighted by Gasteiger charge is 2.25. The number of benzene rings is 1. The molecule has 1 aliphatic rings. The Labute approximate surface area is 147 Å². The molecule has 1 aromatic heterocycles. The second-order valence-corrected chi connectivity index (χ2v) is 7.44. The average molecular weight is 341 g/mol. The van der Waals surface area contributed by atoms with Gasteiger partial charge in [0.2, 0.25) is 5.91 Å². The fourth-order valence-corrected chi connectivity index (χ4v) is 3.71. The molecule has 0 saturated carbocycles. The van der Waals surface area contributed by atoms with E-state index in [0.717, 1.165) is 36.8 Å². The van der Waals surface area contributed by atoms with E-state index in [9.17, 15) is 4.79 Å². The highest BCUT2D eigenvalue weighted by molar-refractivity contribution is 8.00. The van der Waals surface area contributed by atoms with Gasteiger partial charge in [0.1, 0.15) is 0 Å². The van der Waals surface area contributed by atoms with Crippen molar-refractivity contribution in [2.24, 2.45) is 0 Å². The van der Waals surface area contributed by atoms with Gasteiger partial charge >= 0.3 is 0 Å². The molecule has 5 heteroatoms. The predicted molar refractivity (Wildman–Crippen MR) is 99.5 cm³/mol. The number of amides is 1. The van der Waals surface area contributed by atoms with Crippen LogP contribution in [0.4, 0.5) is 5.69 Å². The van der Waals surface area contributed by atoms with Crippen molar-refractivity contribution in [2.45, 2.75) is 24.1 Å². The molecule has 126 valence electrons. The molecule has 1 amide bonds. The van der Waals surface area contributed by atoms with E-state index in [1.807, 2.05) is 43.1 Å². The van der Waals surface area contributed by atoms with E-state index in [1.165, 1.54) is 17.4 Å². The number of hydrogen-bond acceptors (Lipinski definition) is 4. The van der Waals surface area contributed by atoms with Crippen LogP contribution in [0.1, 0.15) is 12.5 Å². The van der Waals surface area contributed by atoms with E-state index in [0.29, 0.717) is 0 Å². The van der Waals surface area contributed by atoms with Crippen molar-refractivity contribution < 1.29 is 4.79 Å². The summed E-state index contributed by atoms with van der Waals surface area (Å²) in [5, 5.41) is 0.799. The number of piperazine rings is 1. The minimum Gasteiger partial charge on any atom is -0.368 e. The molecule has 0 N–H and O–H groups in total. The van der Waals surface area contributed by atoms with Crippen LogP contribution in [0.2, 0.25) is 0 Å². The summed E-state index contributed by atoms with van der Waals surface area (Å²) < 4.78 is 0. The number of carbonyl (C=O) groups excluding carboxylic acids is 1. The quantitative estimate of drug-likeness (QED) is 0.800. The molecule has 1 atom stereocenters. The Balaban J connectivity index is 1.53. The molecule has 1 fully saturated rings. The van der Waals surface area contributed by atoms with Crippen molar-refractivity contribution in [3.8, 4) is 0 Å². The Bertz CT molecular complexity index is 667. The largest absolute Gasteiger partial charge is 0.368 e. The van der Waals surface area contributed by atoms with Crippen LogP contribution in [-0.4, -0.2) is 47.2 Å². The first-order chi connectivity index (χ1) is 11.6. The minimum atomic E-state index is -0.108. The molecule has 24 heavy (non-hydrogen) atoms. The second kappa shape index (κ2) is 7.71. The number of pyridine rings is 1. The predicted octanol–water partition coefficient (Wildman–Crippen LogP) is 3.22. The van der Waals surface area contributed by atoms with E-state index in [1.54, 1.807) is 0 Å². The summed E-state index contributed by atoms with van der Waals surface area (Å²) in [6, 6.07) is 14.4. The third-order valence-corrected chi connectivity index (χ3v) is 5.28. The molecule has 0 aliphatic carbocycles. The normalized spacial score (nSPS) is 16.1. The highest BCUT2D eigenvalue weighted by atomic mass is 32.2. The number of aromatic nitrogens is 1. The molecule has 4 nitrogen and oxygen atoms in total. The van der Waals surface area contributed by atoms with Crippen LogP contribution >= 0.6 is 11.8 Å². The molecule has 1 unspecified atom stereocenters. The van der Waals surface area contributed by atoms with Crippen LogP contribution in [0.3, 0.4) is 0 Å². The summed E-state index contributed by atoms with van der Waals surface area (Å²) in [6.07, 6.45) is 1.85. The first-order valence-electron chi connectivity index (χ1n) is 8.31. The molecule has 1 aliphatic heterocycles. The first kappa shape index (κ1) is 16.8. The van der Waals surface area contributed by atoms with Crippen molar-refractivity contribution in [3.05, 3.63) is 54.2 Å². The topological polar surface area (TPSA) is 36.4 Å². The lowest BCUT2D eigenvalue weighted by Gasteiger charge is -2.37.